The lowest BCUT2D eigenvalue weighted by Gasteiger charge is -2.38. The maximum atomic E-state index is 13.6. The number of hydrogen-bond donors (Lipinski definition) is 0. The Balaban J connectivity index is 1.93. The van der Waals surface area contributed by atoms with Crippen LogP contribution in [0.3, 0.4) is 0 Å². The highest BCUT2D eigenvalue weighted by atomic mass is 19.4. The van der Waals surface area contributed by atoms with E-state index in [9.17, 15) is 31.1 Å². The average Bonchev–Trinajstić information content (AvgIpc) is 2.78. The van der Waals surface area contributed by atoms with Gasteiger partial charge in [0.2, 0.25) is 5.88 Å². The van der Waals surface area contributed by atoms with E-state index in [2.05, 4.69) is 9.97 Å². The van der Waals surface area contributed by atoms with Crippen molar-refractivity contribution in [1.82, 2.24) is 9.97 Å². The van der Waals surface area contributed by atoms with Gasteiger partial charge in [0.05, 0.1) is 35.2 Å². The maximum absolute atomic E-state index is 13.6. The minimum Gasteiger partial charge on any atom is -0.481 e. The van der Waals surface area contributed by atoms with E-state index in [0.29, 0.717) is 18.0 Å². The molecule has 0 atom stereocenters. The van der Waals surface area contributed by atoms with E-state index in [1.54, 1.807) is 6.92 Å². The third kappa shape index (κ3) is 4.35. The zero-order valence-corrected chi connectivity index (χ0v) is 18.6. The molecule has 1 aliphatic rings. The summed E-state index contributed by atoms with van der Waals surface area (Å²) in [5, 5.41) is 0. The van der Waals surface area contributed by atoms with E-state index in [1.165, 1.54) is 43.2 Å². The van der Waals surface area contributed by atoms with Gasteiger partial charge in [-0.05, 0) is 43.7 Å². The van der Waals surface area contributed by atoms with Crippen LogP contribution in [-0.2, 0) is 12.4 Å². The number of anilines is 3. The lowest BCUT2D eigenvalue weighted by atomic mass is 10.0. The molecule has 3 heterocycles. The van der Waals surface area contributed by atoms with E-state index in [1.807, 2.05) is 0 Å². The van der Waals surface area contributed by atoms with Crippen LogP contribution < -0.4 is 14.5 Å². The average molecular weight is 496 g/mol. The van der Waals surface area contributed by atoms with Gasteiger partial charge < -0.3 is 9.64 Å². The van der Waals surface area contributed by atoms with Gasteiger partial charge in [-0.3, -0.25) is 9.69 Å². The molecule has 0 aliphatic carbocycles. The Kier molecular flexibility index (Phi) is 5.86. The SMILES string of the molecule is COc1ccc(N2CN(c3cccc(C(F)(F)F)c3C)c3ncc(C(F)(F)F)cc3C2=O)c(C)n1. The number of fused-ring (bicyclic) bond motifs is 1. The van der Waals surface area contributed by atoms with Crippen molar-refractivity contribution in [3.63, 3.8) is 0 Å². The molecule has 184 valence electrons. The van der Waals surface area contributed by atoms with Crippen molar-refractivity contribution in [2.24, 2.45) is 0 Å². The van der Waals surface area contributed by atoms with Gasteiger partial charge >= 0.3 is 12.4 Å². The van der Waals surface area contributed by atoms with Crippen LogP contribution in [0, 0.1) is 13.8 Å². The fourth-order valence-corrected chi connectivity index (χ4v) is 3.93. The van der Waals surface area contributed by atoms with E-state index in [0.717, 1.165) is 11.0 Å². The Hall–Kier alpha value is -3.83. The predicted octanol–water partition coefficient (Wildman–Crippen LogP) is 5.90. The number of aromatic nitrogens is 2. The van der Waals surface area contributed by atoms with Crippen LogP contribution in [0.2, 0.25) is 0 Å². The number of aryl methyl sites for hydroxylation is 1. The van der Waals surface area contributed by atoms with Gasteiger partial charge in [-0.25, -0.2) is 9.97 Å². The highest BCUT2D eigenvalue weighted by molar-refractivity contribution is 6.12. The Morgan fingerprint density at radius 2 is 1.66 bits per heavy atom. The number of pyridine rings is 2. The number of carbonyl (C=O) groups is 1. The van der Waals surface area contributed by atoms with Crippen molar-refractivity contribution in [1.29, 1.82) is 0 Å². The predicted molar refractivity (Wildman–Crippen MR) is 115 cm³/mol. The van der Waals surface area contributed by atoms with Crippen molar-refractivity contribution in [2.75, 3.05) is 23.6 Å². The molecule has 2 aromatic heterocycles. The summed E-state index contributed by atoms with van der Waals surface area (Å²) < 4.78 is 85.9. The third-order valence-corrected chi connectivity index (χ3v) is 5.64. The first kappa shape index (κ1) is 24.3. The normalized spacial score (nSPS) is 14.3. The van der Waals surface area contributed by atoms with Crippen LogP contribution in [0.5, 0.6) is 5.88 Å². The van der Waals surface area contributed by atoms with Crippen molar-refractivity contribution >= 4 is 23.1 Å². The topological polar surface area (TPSA) is 58.6 Å². The van der Waals surface area contributed by atoms with E-state index >= 15 is 0 Å². The molecular weight excluding hydrogens is 478 g/mol. The Bertz CT molecular complexity index is 1310. The zero-order chi connectivity index (χ0) is 25.7. The van der Waals surface area contributed by atoms with Gasteiger partial charge in [0, 0.05) is 18.0 Å². The molecule has 0 fully saturated rings. The van der Waals surface area contributed by atoms with Gasteiger partial charge in [0.15, 0.2) is 0 Å². The second kappa shape index (κ2) is 8.43. The quantitative estimate of drug-likeness (QED) is 0.423. The largest absolute Gasteiger partial charge is 0.481 e. The molecule has 0 radical (unpaired) electrons. The van der Waals surface area contributed by atoms with Gasteiger partial charge in [0.1, 0.15) is 12.5 Å². The van der Waals surface area contributed by atoms with Gasteiger partial charge in [-0.2, -0.15) is 26.3 Å². The van der Waals surface area contributed by atoms with Crippen LogP contribution in [0.1, 0.15) is 32.7 Å². The number of alkyl halides is 6. The molecular formula is C23H18F6N4O2. The first-order valence-electron chi connectivity index (χ1n) is 10.2. The lowest BCUT2D eigenvalue weighted by molar-refractivity contribution is -0.138. The van der Waals surface area contributed by atoms with Gasteiger partial charge in [-0.15, -0.1) is 0 Å². The van der Waals surface area contributed by atoms with Crippen LogP contribution in [0.25, 0.3) is 0 Å². The number of ether oxygens (including phenoxy) is 1. The Morgan fingerprint density at radius 1 is 0.943 bits per heavy atom. The summed E-state index contributed by atoms with van der Waals surface area (Å²) >= 11 is 0. The molecule has 3 aromatic rings. The molecule has 1 aromatic carbocycles. The van der Waals surface area contributed by atoms with Gasteiger partial charge in [0.25, 0.3) is 5.91 Å². The fourth-order valence-electron chi connectivity index (χ4n) is 3.93. The van der Waals surface area contributed by atoms with Crippen molar-refractivity contribution in [3.8, 4) is 5.88 Å². The smallest absolute Gasteiger partial charge is 0.417 e. The summed E-state index contributed by atoms with van der Waals surface area (Å²) in [4.78, 5) is 23.8. The van der Waals surface area contributed by atoms with E-state index in [-0.39, 0.29) is 35.3 Å². The second-order valence-corrected chi connectivity index (χ2v) is 7.80. The maximum Gasteiger partial charge on any atom is 0.417 e. The molecule has 1 aliphatic heterocycles. The van der Waals surface area contributed by atoms with Crippen molar-refractivity contribution in [3.05, 3.63) is 70.5 Å². The monoisotopic (exact) mass is 496 g/mol. The molecule has 12 heteroatoms. The first-order chi connectivity index (χ1) is 16.3. The number of benzene rings is 1. The summed E-state index contributed by atoms with van der Waals surface area (Å²) in [6.45, 7) is 2.52. The fraction of sp³-hybridized carbons (Fsp3) is 0.261. The van der Waals surface area contributed by atoms with Gasteiger partial charge in [-0.1, -0.05) is 6.07 Å². The number of carbonyl (C=O) groups excluding carboxylic acids is 1. The molecule has 0 saturated carbocycles. The number of methoxy groups -OCH3 is 1. The number of amides is 1. The Labute approximate surface area is 195 Å². The number of rotatable bonds is 3. The summed E-state index contributed by atoms with van der Waals surface area (Å²) in [6, 6.07) is 7.11. The summed E-state index contributed by atoms with van der Waals surface area (Å²) in [6.07, 6.45) is -8.88. The minimum atomic E-state index is -4.78. The molecule has 0 spiro atoms. The van der Waals surface area contributed by atoms with Crippen LogP contribution >= 0.6 is 0 Å². The highest BCUT2D eigenvalue weighted by Gasteiger charge is 2.39. The summed E-state index contributed by atoms with van der Waals surface area (Å²) in [5.41, 5.74) is -1.99. The van der Waals surface area contributed by atoms with Crippen LogP contribution in [-0.4, -0.2) is 29.7 Å². The van der Waals surface area contributed by atoms with E-state index in [4.69, 9.17) is 4.74 Å². The molecule has 6 nitrogen and oxygen atoms in total. The van der Waals surface area contributed by atoms with E-state index < -0.39 is 35.0 Å². The standard InChI is InChI=1S/C23H18F6N4O2/c1-12-16(23(27,28)29)5-4-6-17(12)32-11-33(18-7-8-19(35-3)31-13(18)2)21(34)15-9-14(22(24,25)26)10-30-20(15)32/h4-10H,11H2,1-3H3. The minimum absolute atomic E-state index is 0.0463. The van der Waals surface area contributed by atoms with Crippen molar-refractivity contribution in [2.45, 2.75) is 26.2 Å². The molecule has 0 bridgehead atoms. The van der Waals surface area contributed by atoms with Crippen LogP contribution in [0.15, 0.2) is 42.6 Å². The number of halogens is 6. The highest BCUT2D eigenvalue weighted by Crippen LogP contribution is 2.42. The summed E-state index contributed by atoms with van der Waals surface area (Å²) in [5.74, 6) is -0.724. The summed E-state index contributed by atoms with van der Waals surface area (Å²) in [7, 11) is 1.40. The Morgan fingerprint density at radius 3 is 2.26 bits per heavy atom. The lowest BCUT2D eigenvalue weighted by Crippen LogP contribution is -2.46. The number of hydrogen-bond acceptors (Lipinski definition) is 5. The molecule has 4 rings (SSSR count). The first-order valence-corrected chi connectivity index (χ1v) is 10.2. The molecule has 0 unspecified atom stereocenters. The second-order valence-electron chi connectivity index (χ2n) is 7.80. The molecule has 1 amide bonds. The zero-order valence-electron chi connectivity index (χ0n) is 18.6. The van der Waals surface area contributed by atoms with Crippen LogP contribution in [0.4, 0.5) is 43.5 Å². The number of nitrogens with zero attached hydrogens (tertiary/aromatic N) is 4. The molecule has 0 saturated heterocycles. The molecule has 35 heavy (non-hydrogen) atoms. The van der Waals surface area contributed by atoms with Crippen molar-refractivity contribution < 1.29 is 35.9 Å². The third-order valence-electron chi connectivity index (χ3n) is 5.64. The molecule has 0 N–H and O–H groups in total.